The van der Waals surface area contributed by atoms with Crippen LogP contribution in [0, 0.1) is 20.8 Å². The van der Waals surface area contributed by atoms with Gasteiger partial charge in [0.25, 0.3) is 0 Å². The van der Waals surface area contributed by atoms with E-state index in [2.05, 4.69) is 38.2 Å². The molecule has 1 atom stereocenters. The standard InChI is InChI=1S/C18H22ClNO/c1-12-8-14(3)16(9-13(12)2)10-20-11-18(21)15-4-6-17(19)7-5-15/h4-9,18,20-21H,10-11H2,1-3H3. The minimum Gasteiger partial charge on any atom is -0.387 e. The zero-order chi connectivity index (χ0) is 15.4. The smallest absolute Gasteiger partial charge is 0.0914 e. The average molecular weight is 304 g/mol. The first-order valence-electron chi connectivity index (χ1n) is 7.18. The van der Waals surface area contributed by atoms with E-state index in [0.717, 1.165) is 12.1 Å². The highest BCUT2D eigenvalue weighted by molar-refractivity contribution is 6.30. The first-order valence-corrected chi connectivity index (χ1v) is 7.56. The highest BCUT2D eigenvalue weighted by Crippen LogP contribution is 2.17. The van der Waals surface area contributed by atoms with Gasteiger partial charge in [0.05, 0.1) is 6.10 Å². The second kappa shape index (κ2) is 7.08. The molecule has 0 spiro atoms. The molecule has 21 heavy (non-hydrogen) atoms. The topological polar surface area (TPSA) is 32.3 Å². The van der Waals surface area contributed by atoms with Crippen LogP contribution in [0.1, 0.15) is 33.9 Å². The lowest BCUT2D eigenvalue weighted by Gasteiger charge is -2.14. The number of nitrogens with one attached hydrogen (secondary N) is 1. The van der Waals surface area contributed by atoms with Crippen LogP contribution in [0.2, 0.25) is 5.02 Å². The first kappa shape index (κ1) is 16.0. The quantitative estimate of drug-likeness (QED) is 0.872. The molecule has 0 aliphatic rings. The number of aryl methyl sites for hydroxylation is 3. The van der Waals surface area contributed by atoms with Crippen LogP contribution in [-0.2, 0) is 6.54 Å². The Morgan fingerprint density at radius 1 is 1.00 bits per heavy atom. The largest absolute Gasteiger partial charge is 0.387 e. The van der Waals surface area contributed by atoms with E-state index in [1.165, 1.54) is 22.3 Å². The Bertz CT molecular complexity index is 607. The van der Waals surface area contributed by atoms with Crippen LogP contribution >= 0.6 is 11.6 Å². The number of hydrogen-bond donors (Lipinski definition) is 2. The number of aliphatic hydroxyl groups is 1. The van der Waals surface area contributed by atoms with Crippen molar-refractivity contribution < 1.29 is 5.11 Å². The van der Waals surface area contributed by atoms with E-state index in [-0.39, 0.29) is 0 Å². The second-order valence-electron chi connectivity index (χ2n) is 5.56. The summed E-state index contributed by atoms with van der Waals surface area (Å²) >= 11 is 5.85. The number of halogens is 1. The van der Waals surface area contributed by atoms with Gasteiger partial charge in [-0.2, -0.15) is 0 Å². The van der Waals surface area contributed by atoms with E-state index in [0.29, 0.717) is 11.6 Å². The number of aliphatic hydroxyl groups excluding tert-OH is 1. The third-order valence-electron chi connectivity index (χ3n) is 3.86. The second-order valence-corrected chi connectivity index (χ2v) is 6.00. The number of hydrogen-bond acceptors (Lipinski definition) is 2. The molecular weight excluding hydrogens is 282 g/mol. The minimum absolute atomic E-state index is 0.519. The van der Waals surface area contributed by atoms with E-state index in [4.69, 9.17) is 11.6 Å². The molecule has 0 radical (unpaired) electrons. The van der Waals surface area contributed by atoms with Gasteiger partial charge in [0, 0.05) is 18.1 Å². The molecule has 0 amide bonds. The van der Waals surface area contributed by atoms with Gasteiger partial charge in [-0.3, -0.25) is 0 Å². The fraction of sp³-hybridized carbons (Fsp3) is 0.333. The van der Waals surface area contributed by atoms with Gasteiger partial charge in [0.1, 0.15) is 0 Å². The summed E-state index contributed by atoms with van der Waals surface area (Å²) < 4.78 is 0. The Kier molecular flexibility index (Phi) is 5.40. The molecule has 2 N–H and O–H groups in total. The highest BCUT2D eigenvalue weighted by Gasteiger charge is 2.08. The summed E-state index contributed by atoms with van der Waals surface area (Å²) in [6, 6.07) is 11.7. The molecule has 0 aliphatic heterocycles. The van der Waals surface area contributed by atoms with Crippen molar-refractivity contribution in [3.63, 3.8) is 0 Å². The predicted octanol–water partition coefficient (Wildman–Crippen LogP) is 4.09. The third kappa shape index (κ3) is 4.31. The summed E-state index contributed by atoms with van der Waals surface area (Å²) in [4.78, 5) is 0. The van der Waals surface area contributed by atoms with Crippen LogP contribution in [0.4, 0.5) is 0 Å². The molecule has 2 aromatic rings. The molecule has 2 aromatic carbocycles. The molecule has 3 heteroatoms. The lowest BCUT2D eigenvalue weighted by molar-refractivity contribution is 0.174. The van der Waals surface area contributed by atoms with Crippen LogP contribution in [0.15, 0.2) is 36.4 Å². The fourth-order valence-corrected chi connectivity index (χ4v) is 2.48. The van der Waals surface area contributed by atoms with Crippen molar-refractivity contribution in [2.45, 2.75) is 33.4 Å². The molecule has 0 saturated heterocycles. The Morgan fingerprint density at radius 2 is 1.62 bits per heavy atom. The summed E-state index contributed by atoms with van der Waals surface area (Å²) in [5.74, 6) is 0. The maximum atomic E-state index is 10.2. The van der Waals surface area contributed by atoms with Crippen molar-refractivity contribution in [1.29, 1.82) is 0 Å². The Labute approximate surface area is 131 Å². The summed E-state index contributed by atoms with van der Waals surface area (Å²) in [6.45, 7) is 7.66. The van der Waals surface area contributed by atoms with Crippen LogP contribution in [0.5, 0.6) is 0 Å². The van der Waals surface area contributed by atoms with Gasteiger partial charge in [-0.05, 0) is 60.7 Å². The minimum atomic E-state index is -0.519. The van der Waals surface area contributed by atoms with Crippen molar-refractivity contribution in [3.8, 4) is 0 Å². The van der Waals surface area contributed by atoms with Crippen molar-refractivity contribution >= 4 is 11.6 Å². The van der Waals surface area contributed by atoms with E-state index >= 15 is 0 Å². The number of rotatable bonds is 5. The SMILES string of the molecule is Cc1cc(C)c(CNCC(O)c2ccc(Cl)cc2)cc1C. The molecule has 0 aromatic heterocycles. The van der Waals surface area contributed by atoms with Gasteiger partial charge in [0.15, 0.2) is 0 Å². The fourth-order valence-electron chi connectivity index (χ4n) is 2.36. The summed E-state index contributed by atoms with van der Waals surface area (Å²) in [6.07, 6.45) is -0.519. The number of benzene rings is 2. The zero-order valence-corrected chi connectivity index (χ0v) is 13.5. The summed E-state index contributed by atoms with van der Waals surface area (Å²) in [5.41, 5.74) is 6.06. The van der Waals surface area contributed by atoms with Gasteiger partial charge < -0.3 is 10.4 Å². The Morgan fingerprint density at radius 3 is 2.29 bits per heavy atom. The van der Waals surface area contributed by atoms with Crippen LogP contribution in [0.25, 0.3) is 0 Å². The Balaban J connectivity index is 1.92. The third-order valence-corrected chi connectivity index (χ3v) is 4.11. The summed E-state index contributed by atoms with van der Waals surface area (Å²) in [7, 11) is 0. The molecule has 2 rings (SSSR count). The maximum absolute atomic E-state index is 10.2. The molecular formula is C18H22ClNO. The lowest BCUT2D eigenvalue weighted by Crippen LogP contribution is -2.21. The molecule has 0 aliphatic carbocycles. The average Bonchev–Trinajstić information content (AvgIpc) is 2.45. The van der Waals surface area contributed by atoms with Crippen molar-refractivity contribution in [3.05, 3.63) is 69.2 Å². The van der Waals surface area contributed by atoms with E-state index in [1.807, 2.05) is 12.1 Å². The van der Waals surface area contributed by atoms with Crippen molar-refractivity contribution in [1.82, 2.24) is 5.32 Å². The Hall–Kier alpha value is -1.35. The van der Waals surface area contributed by atoms with Crippen LogP contribution in [0.3, 0.4) is 0 Å². The van der Waals surface area contributed by atoms with Gasteiger partial charge in [0.2, 0.25) is 0 Å². The molecule has 0 fully saturated rings. The van der Waals surface area contributed by atoms with Gasteiger partial charge in [-0.15, -0.1) is 0 Å². The molecule has 0 bridgehead atoms. The predicted molar refractivity (Wildman–Crippen MR) is 88.8 cm³/mol. The highest BCUT2D eigenvalue weighted by atomic mass is 35.5. The van der Waals surface area contributed by atoms with E-state index < -0.39 is 6.10 Å². The summed E-state index contributed by atoms with van der Waals surface area (Å²) in [5, 5.41) is 14.2. The normalized spacial score (nSPS) is 12.4. The molecule has 0 heterocycles. The van der Waals surface area contributed by atoms with E-state index in [9.17, 15) is 5.11 Å². The van der Waals surface area contributed by atoms with Crippen molar-refractivity contribution in [2.75, 3.05) is 6.54 Å². The molecule has 112 valence electrons. The van der Waals surface area contributed by atoms with Crippen LogP contribution < -0.4 is 5.32 Å². The van der Waals surface area contributed by atoms with E-state index in [1.54, 1.807) is 12.1 Å². The van der Waals surface area contributed by atoms with Gasteiger partial charge in [-0.1, -0.05) is 35.9 Å². The van der Waals surface area contributed by atoms with Crippen molar-refractivity contribution in [2.24, 2.45) is 0 Å². The van der Waals surface area contributed by atoms with Gasteiger partial charge >= 0.3 is 0 Å². The lowest BCUT2D eigenvalue weighted by atomic mass is 10.0. The first-order chi connectivity index (χ1) is 9.97. The van der Waals surface area contributed by atoms with Crippen LogP contribution in [-0.4, -0.2) is 11.7 Å². The molecule has 2 nitrogen and oxygen atoms in total. The zero-order valence-electron chi connectivity index (χ0n) is 12.8. The molecule has 0 saturated carbocycles. The monoisotopic (exact) mass is 303 g/mol. The van der Waals surface area contributed by atoms with Gasteiger partial charge in [-0.25, -0.2) is 0 Å². The maximum Gasteiger partial charge on any atom is 0.0914 e. The molecule has 1 unspecified atom stereocenters.